The molecule has 1 nitrogen and oxygen atoms in total. The van der Waals surface area contributed by atoms with E-state index in [1.54, 1.807) is 0 Å². The lowest BCUT2D eigenvalue weighted by Crippen LogP contribution is -2.03. The summed E-state index contributed by atoms with van der Waals surface area (Å²) >= 11 is 0. The van der Waals surface area contributed by atoms with Gasteiger partial charge in [0.25, 0.3) is 0 Å². The summed E-state index contributed by atoms with van der Waals surface area (Å²) in [6, 6.07) is 0. The Morgan fingerprint density at radius 3 is 2.11 bits per heavy atom. The highest BCUT2D eigenvalue weighted by molar-refractivity contribution is 5.08. The predicted octanol–water partition coefficient (Wildman–Crippen LogP) is 4.93. The van der Waals surface area contributed by atoms with Crippen molar-refractivity contribution in [3.63, 3.8) is 0 Å². The van der Waals surface area contributed by atoms with Crippen LogP contribution in [0.3, 0.4) is 0 Å². The molecule has 1 unspecified atom stereocenters. The maximum atomic E-state index is 9.92. The molecule has 0 saturated carbocycles. The number of rotatable bonds is 0. The highest BCUT2D eigenvalue weighted by Gasteiger charge is 2.02. The highest BCUT2D eigenvalue weighted by atomic mass is 16.3. The van der Waals surface area contributed by atoms with Gasteiger partial charge in [-0.15, -0.1) is 0 Å². The molecule has 0 fully saturated rings. The molecule has 0 aliphatic heterocycles. The maximum Gasteiger partial charge on any atom is 0.0723 e. The molecule has 0 aromatic rings. The summed E-state index contributed by atoms with van der Waals surface area (Å²) in [4.78, 5) is 0. The first-order valence-corrected chi connectivity index (χ1v) is 7.24. The lowest BCUT2D eigenvalue weighted by molar-refractivity contribution is 0.208. The van der Waals surface area contributed by atoms with Crippen LogP contribution in [0.4, 0.5) is 0 Å². The second kappa shape index (κ2) is 8.31. The van der Waals surface area contributed by atoms with Gasteiger partial charge < -0.3 is 5.11 Å². The SMILES string of the molecule is C/C1=C/C(O)CCC/C(C)=C/CC/C(C)=C/CC1. The van der Waals surface area contributed by atoms with E-state index in [1.807, 2.05) is 6.08 Å². The molecule has 1 aliphatic rings. The molecule has 0 bridgehead atoms. The molecular weight excluding hydrogens is 220 g/mol. The van der Waals surface area contributed by atoms with Gasteiger partial charge in [-0.1, -0.05) is 34.9 Å². The minimum absolute atomic E-state index is 0.259. The van der Waals surface area contributed by atoms with Crippen molar-refractivity contribution >= 4 is 0 Å². The fourth-order valence-corrected chi connectivity index (χ4v) is 2.38. The minimum atomic E-state index is -0.259. The molecule has 0 saturated heterocycles. The van der Waals surface area contributed by atoms with Crippen LogP contribution in [0.2, 0.25) is 0 Å². The van der Waals surface area contributed by atoms with Crippen LogP contribution in [0.15, 0.2) is 34.9 Å². The molecule has 0 radical (unpaired) electrons. The van der Waals surface area contributed by atoms with Gasteiger partial charge in [-0.2, -0.15) is 0 Å². The molecule has 102 valence electrons. The van der Waals surface area contributed by atoms with Gasteiger partial charge in [0, 0.05) is 0 Å². The Kier molecular flexibility index (Phi) is 7.04. The first-order chi connectivity index (χ1) is 8.58. The molecule has 1 heteroatoms. The van der Waals surface area contributed by atoms with Gasteiger partial charge in [-0.25, -0.2) is 0 Å². The molecule has 0 amide bonds. The highest BCUT2D eigenvalue weighted by Crippen LogP contribution is 2.16. The molecule has 18 heavy (non-hydrogen) atoms. The van der Waals surface area contributed by atoms with Crippen LogP contribution in [0, 0.1) is 0 Å². The predicted molar refractivity (Wildman–Crippen MR) is 79.6 cm³/mol. The van der Waals surface area contributed by atoms with Crippen LogP contribution < -0.4 is 0 Å². The summed E-state index contributed by atoms with van der Waals surface area (Å²) in [7, 11) is 0. The molecular formula is C17H28O. The Morgan fingerprint density at radius 2 is 1.44 bits per heavy atom. The van der Waals surface area contributed by atoms with Crippen molar-refractivity contribution in [1.82, 2.24) is 0 Å². The van der Waals surface area contributed by atoms with E-state index in [0.717, 1.165) is 38.5 Å². The van der Waals surface area contributed by atoms with Gasteiger partial charge in [-0.05, 0) is 65.7 Å². The van der Waals surface area contributed by atoms with Crippen LogP contribution in [0.5, 0.6) is 0 Å². The van der Waals surface area contributed by atoms with Crippen molar-refractivity contribution in [3.05, 3.63) is 34.9 Å². The first kappa shape index (κ1) is 15.2. The molecule has 1 rings (SSSR count). The zero-order chi connectivity index (χ0) is 13.4. The average Bonchev–Trinajstić information content (AvgIpc) is 2.27. The second-order valence-electron chi connectivity index (χ2n) is 5.65. The molecule has 0 aromatic heterocycles. The fraction of sp³-hybridized carbons (Fsp3) is 0.647. The topological polar surface area (TPSA) is 20.2 Å². The van der Waals surface area contributed by atoms with Crippen molar-refractivity contribution in [2.45, 2.75) is 71.8 Å². The van der Waals surface area contributed by atoms with Gasteiger partial charge >= 0.3 is 0 Å². The van der Waals surface area contributed by atoms with E-state index in [-0.39, 0.29) is 6.10 Å². The van der Waals surface area contributed by atoms with Crippen molar-refractivity contribution < 1.29 is 5.11 Å². The van der Waals surface area contributed by atoms with Gasteiger partial charge in [0.05, 0.1) is 6.10 Å². The van der Waals surface area contributed by atoms with Crippen LogP contribution in [-0.4, -0.2) is 11.2 Å². The number of hydrogen-bond acceptors (Lipinski definition) is 1. The van der Waals surface area contributed by atoms with Crippen molar-refractivity contribution in [2.75, 3.05) is 0 Å². The summed E-state index contributed by atoms with van der Waals surface area (Å²) in [6.45, 7) is 6.56. The lowest BCUT2D eigenvalue weighted by Gasteiger charge is -2.09. The third-order valence-corrected chi connectivity index (χ3v) is 3.61. The Bertz CT molecular complexity index is 334. The van der Waals surface area contributed by atoms with E-state index in [9.17, 15) is 5.11 Å². The third-order valence-electron chi connectivity index (χ3n) is 3.61. The van der Waals surface area contributed by atoms with Crippen LogP contribution in [0.1, 0.15) is 65.7 Å². The monoisotopic (exact) mass is 248 g/mol. The summed E-state index contributed by atoms with van der Waals surface area (Å²) in [5.74, 6) is 0. The normalized spacial score (nSPS) is 33.3. The van der Waals surface area contributed by atoms with Crippen molar-refractivity contribution in [3.8, 4) is 0 Å². The van der Waals surface area contributed by atoms with Gasteiger partial charge in [0.1, 0.15) is 0 Å². The second-order valence-corrected chi connectivity index (χ2v) is 5.65. The van der Waals surface area contributed by atoms with Crippen LogP contribution in [0.25, 0.3) is 0 Å². The van der Waals surface area contributed by atoms with E-state index >= 15 is 0 Å². The van der Waals surface area contributed by atoms with E-state index < -0.39 is 0 Å². The Hall–Kier alpha value is -0.820. The number of aliphatic hydroxyl groups is 1. The van der Waals surface area contributed by atoms with Gasteiger partial charge in [0.2, 0.25) is 0 Å². The van der Waals surface area contributed by atoms with Crippen molar-refractivity contribution in [2.24, 2.45) is 0 Å². The van der Waals surface area contributed by atoms with Crippen LogP contribution >= 0.6 is 0 Å². The zero-order valence-electron chi connectivity index (χ0n) is 12.2. The van der Waals surface area contributed by atoms with Gasteiger partial charge in [0.15, 0.2) is 0 Å². The smallest absolute Gasteiger partial charge is 0.0723 e. The lowest BCUT2D eigenvalue weighted by atomic mass is 10.0. The van der Waals surface area contributed by atoms with E-state index in [0.29, 0.717) is 0 Å². The Labute approximate surface area is 112 Å². The summed E-state index contributed by atoms with van der Waals surface area (Å²) in [5.41, 5.74) is 4.27. The largest absolute Gasteiger partial charge is 0.389 e. The number of hydrogen-bond donors (Lipinski definition) is 1. The van der Waals surface area contributed by atoms with Gasteiger partial charge in [-0.3, -0.25) is 0 Å². The molecule has 0 aromatic carbocycles. The maximum absolute atomic E-state index is 9.92. The molecule has 1 atom stereocenters. The third kappa shape index (κ3) is 6.80. The van der Waals surface area contributed by atoms with E-state index in [4.69, 9.17) is 0 Å². The number of aliphatic hydroxyl groups excluding tert-OH is 1. The molecule has 1 aliphatic carbocycles. The van der Waals surface area contributed by atoms with Crippen molar-refractivity contribution in [1.29, 1.82) is 0 Å². The summed E-state index contributed by atoms with van der Waals surface area (Å²) in [6.07, 6.45) is 14.1. The Balaban J connectivity index is 2.65. The standard InChI is InChI=1S/C17H28O/c1-14-7-4-8-15(2)10-6-12-17(18)13-16(3)11-5-9-14/h8-9,13,17-18H,4-7,10-12H2,1-3H3/b14-9+,15-8+,16-13-. The minimum Gasteiger partial charge on any atom is -0.389 e. The molecule has 0 spiro atoms. The quantitative estimate of drug-likeness (QED) is 0.603. The molecule has 1 N–H and O–H groups in total. The van der Waals surface area contributed by atoms with E-state index in [2.05, 4.69) is 32.9 Å². The summed E-state index contributed by atoms with van der Waals surface area (Å²) < 4.78 is 0. The zero-order valence-corrected chi connectivity index (χ0v) is 12.2. The number of allylic oxidation sites excluding steroid dienone is 5. The van der Waals surface area contributed by atoms with E-state index in [1.165, 1.54) is 23.1 Å². The first-order valence-electron chi connectivity index (χ1n) is 7.24. The summed E-state index contributed by atoms with van der Waals surface area (Å²) in [5, 5.41) is 9.92. The van der Waals surface area contributed by atoms with Crippen LogP contribution in [-0.2, 0) is 0 Å². The average molecular weight is 248 g/mol. The molecule has 0 heterocycles. The fourth-order valence-electron chi connectivity index (χ4n) is 2.38. The Morgan fingerprint density at radius 1 is 0.889 bits per heavy atom.